The van der Waals surface area contributed by atoms with E-state index in [-0.39, 0.29) is 11.9 Å². The second kappa shape index (κ2) is 5.84. The van der Waals surface area contributed by atoms with E-state index in [1.807, 2.05) is 6.92 Å². The number of nitrogens with two attached hydrogens (primary N) is 1. The van der Waals surface area contributed by atoms with Crippen LogP contribution in [0.3, 0.4) is 0 Å². The highest BCUT2D eigenvalue weighted by molar-refractivity contribution is 5.95. The van der Waals surface area contributed by atoms with Gasteiger partial charge >= 0.3 is 0 Å². The Balaban J connectivity index is 2.66. The van der Waals surface area contributed by atoms with Crippen molar-refractivity contribution < 1.29 is 13.9 Å². The minimum absolute atomic E-state index is 0.0779. The van der Waals surface area contributed by atoms with Gasteiger partial charge in [-0.1, -0.05) is 0 Å². The summed E-state index contributed by atoms with van der Waals surface area (Å²) in [6.45, 7) is 4.49. The number of carbonyl (C=O) groups is 1. The Morgan fingerprint density at radius 3 is 2.71 bits per heavy atom. The molecule has 0 bridgehead atoms. The zero-order valence-electron chi connectivity index (χ0n) is 10.8. The number of rotatable bonds is 5. The summed E-state index contributed by atoms with van der Waals surface area (Å²) in [5.74, 6) is 1.30. The third-order valence-electron chi connectivity index (χ3n) is 2.51. The summed E-state index contributed by atoms with van der Waals surface area (Å²) in [4.78, 5) is 13.7. The molecule has 1 heterocycles. The zero-order valence-corrected chi connectivity index (χ0v) is 10.8. The maximum Gasteiger partial charge on any atom is 0.257 e. The van der Waals surface area contributed by atoms with Gasteiger partial charge in [0.25, 0.3) is 5.91 Å². The van der Waals surface area contributed by atoms with Gasteiger partial charge in [0, 0.05) is 26.7 Å². The van der Waals surface area contributed by atoms with Crippen molar-refractivity contribution in [2.75, 3.05) is 27.3 Å². The Labute approximate surface area is 102 Å². The van der Waals surface area contributed by atoms with Crippen molar-refractivity contribution in [2.24, 2.45) is 5.73 Å². The number of aryl methyl sites for hydroxylation is 2. The van der Waals surface area contributed by atoms with E-state index in [1.165, 1.54) is 0 Å². The highest BCUT2D eigenvalue weighted by atomic mass is 16.5. The SMILES string of the molecule is COCC(N)CN(C)C(=O)c1cc(C)oc1C. The van der Waals surface area contributed by atoms with Crippen LogP contribution in [0.2, 0.25) is 0 Å². The number of hydrogen-bond acceptors (Lipinski definition) is 4. The van der Waals surface area contributed by atoms with Gasteiger partial charge in [-0.25, -0.2) is 0 Å². The Hall–Kier alpha value is -1.33. The van der Waals surface area contributed by atoms with Gasteiger partial charge in [0.1, 0.15) is 11.5 Å². The number of nitrogens with zero attached hydrogens (tertiary/aromatic N) is 1. The van der Waals surface area contributed by atoms with Crippen LogP contribution in [0.15, 0.2) is 10.5 Å². The third-order valence-corrected chi connectivity index (χ3v) is 2.51. The van der Waals surface area contributed by atoms with E-state index in [2.05, 4.69) is 0 Å². The Morgan fingerprint density at radius 1 is 1.59 bits per heavy atom. The molecule has 0 saturated heterocycles. The summed E-state index contributed by atoms with van der Waals surface area (Å²) in [6.07, 6.45) is 0. The van der Waals surface area contributed by atoms with Gasteiger partial charge in [-0.05, 0) is 19.9 Å². The van der Waals surface area contributed by atoms with Crippen molar-refractivity contribution in [1.82, 2.24) is 4.90 Å². The summed E-state index contributed by atoms with van der Waals surface area (Å²) in [5, 5.41) is 0. The monoisotopic (exact) mass is 240 g/mol. The molecule has 5 heteroatoms. The first-order valence-electron chi connectivity index (χ1n) is 5.52. The van der Waals surface area contributed by atoms with E-state index >= 15 is 0 Å². The number of methoxy groups -OCH3 is 1. The summed E-state index contributed by atoms with van der Waals surface area (Å²) < 4.78 is 10.3. The summed E-state index contributed by atoms with van der Waals surface area (Å²) in [6, 6.07) is 1.57. The molecular weight excluding hydrogens is 220 g/mol. The molecule has 2 N–H and O–H groups in total. The summed E-state index contributed by atoms with van der Waals surface area (Å²) >= 11 is 0. The average molecular weight is 240 g/mol. The van der Waals surface area contributed by atoms with Crippen molar-refractivity contribution in [3.63, 3.8) is 0 Å². The molecule has 0 aliphatic carbocycles. The molecule has 1 unspecified atom stereocenters. The molecule has 0 saturated carbocycles. The summed E-state index contributed by atoms with van der Waals surface area (Å²) in [5.41, 5.74) is 6.39. The molecule has 0 aliphatic heterocycles. The van der Waals surface area contributed by atoms with Gasteiger partial charge in [-0.3, -0.25) is 4.79 Å². The largest absolute Gasteiger partial charge is 0.466 e. The van der Waals surface area contributed by atoms with Crippen LogP contribution in [0.5, 0.6) is 0 Å². The number of hydrogen-bond donors (Lipinski definition) is 1. The van der Waals surface area contributed by atoms with E-state index in [1.54, 1.807) is 32.0 Å². The van der Waals surface area contributed by atoms with Crippen LogP contribution in [0.4, 0.5) is 0 Å². The Bertz CT molecular complexity index is 387. The first-order valence-corrected chi connectivity index (χ1v) is 5.52. The molecular formula is C12H20N2O3. The molecule has 1 aromatic heterocycles. The van der Waals surface area contributed by atoms with Crippen LogP contribution < -0.4 is 5.73 Å². The maximum absolute atomic E-state index is 12.1. The Kier molecular flexibility index (Phi) is 4.72. The minimum atomic E-state index is -0.178. The third kappa shape index (κ3) is 3.57. The van der Waals surface area contributed by atoms with Gasteiger partial charge < -0.3 is 19.8 Å². The fourth-order valence-electron chi connectivity index (χ4n) is 1.75. The van der Waals surface area contributed by atoms with Gasteiger partial charge in [0.15, 0.2) is 0 Å². The molecule has 0 spiro atoms. The standard InChI is InChI=1S/C12H20N2O3/c1-8-5-11(9(2)17-8)12(15)14(3)6-10(13)7-16-4/h5,10H,6-7,13H2,1-4H3. The van der Waals surface area contributed by atoms with Crippen LogP contribution in [0, 0.1) is 13.8 Å². The van der Waals surface area contributed by atoms with E-state index in [9.17, 15) is 4.79 Å². The van der Waals surface area contributed by atoms with Crippen molar-refractivity contribution in [3.05, 3.63) is 23.2 Å². The fourth-order valence-corrected chi connectivity index (χ4v) is 1.75. The van der Waals surface area contributed by atoms with E-state index < -0.39 is 0 Å². The number of furan rings is 1. The predicted octanol–water partition coefficient (Wildman–Crippen LogP) is 0.942. The number of ether oxygens (including phenoxy) is 1. The van der Waals surface area contributed by atoms with Gasteiger partial charge in [0.05, 0.1) is 12.2 Å². The van der Waals surface area contributed by atoms with Crippen LogP contribution in [0.25, 0.3) is 0 Å². The molecule has 1 rings (SSSR count). The van der Waals surface area contributed by atoms with Gasteiger partial charge in [-0.2, -0.15) is 0 Å². The lowest BCUT2D eigenvalue weighted by atomic mass is 10.2. The van der Waals surface area contributed by atoms with Crippen molar-refractivity contribution in [2.45, 2.75) is 19.9 Å². The van der Waals surface area contributed by atoms with Crippen LogP contribution in [-0.4, -0.2) is 44.2 Å². The molecule has 1 atom stereocenters. The fraction of sp³-hybridized carbons (Fsp3) is 0.583. The second-order valence-corrected chi connectivity index (χ2v) is 4.23. The van der Waals surface area contributed by atoms with Crippen molar-refractivity contribution >= 4 is 5.91 Å². The lowest BCUT2D eigenvalue weighted by Gasteiger charge is -2.20. The average Bonchev–Trinajstić information content (AvgIpc) is 2.56. The van der Waals surface area contributed by atoms with Gasteiger partial charge in [-0.15, -0.1) is 0 Å². The molecule has 0 radical (unpaired) electrons. The second-order valence-electron chi connectivity index (χ2n) is 4.23. The van der Waals surface area contributed by atoms with E-state index in [4.69, 9.17) is 14.9 Å². The number of likely N-dealkylation sites (N-methyl/N-ethyl adjacent to an activating group) is 1. The van der Waals surface area contributed by atoms with Crippen molar-refractivity contribution in [1.29, 1.82) is 0 Å². The Morgan fingerprint density at radius 2 is 2.24 bits per heavy atom. The van der Waals surface area contributed by atoms with Gasteiger partial charge in [0.2, 0.25) is 0 Å². The van der Waals surface area contributed by atoms with Crippen LogP contribution >= 0.6 is 0 Å². The zero-order chi connectivity index (χ0) is 13.0. The van der Waals surface area contributed by atoms with E-state index in [0.717, 1.165) is 5.76 Å². The maximum atomic E-state index is 12.1. The van der Waals surface area contributed by atoms with Crippen LogP contribution in [-0.2, 0) is 4.74 Å². The number of carbonyl (C=O) groups excluding carboxylic acids is 1. The topological polar surface area (TPSA) is 68.7 Å². The molecule has 0 aromatic carbocycles. The van der Waals surface area contributed by atoms with Crippen LogP contribution in [0.1, 0.15) is 21.9 Å². The lowest BCUT2D eigenvalue weighted by molar-refractivity contribution is 0.0763. The first kappa shape index (κ1) is 13.7. The lowest BCUT2D eigenvalue weighted by Crippen LogP contribution is -2.41. The normalized spacial score (nSPS) is 12.5. The highest BCUT2D eigenvalue weighted by Crippen LogP contribution is 2.15. The molecule has 96 valence electrons. The predicted molar refractivity (Wildman–Crippen MR) is 65.0 cm³/mol. The smallest absolute Gasteiger partial charge is 0.257 e. The molecule has 5 nitrogen and oxygen atoms in total. The summed E-state index contributed by atoms with van der Waals surface area (Å²) in [7, 11) is 3.31. The van der Waals surface area contributed by atoms with Crippen molar-refractivity contribution in [3.8, 4) is 0 Å². The molecule has 1 aromatic rings. The first-order chi connectivity index (χ1) is 7.95. The minimum Gasteiger partial charge on any atom is -0.466 e. The van der Waals surface area contributed by atoms with E-state index in [0.29, 0.717) is 24.5 Å². The quantitative estimate of drug-likeness (QED) is 0.831. The highest BCUT2D eigenvalue weighted by Gasteiger charge is 2.19. The molecule has 0 aliphatic rings. The molecule has 0 fully saturated rings. The number of amides is 1. The molecule has 17 heavy (non-hydrogen) atoms. The molecule has 1 amide bonds.